The molecule has 1 unspecified atom stereocenters. The highest BCUT2D eigenvalue weighted by Gasteiger charge is 2.16. The molecular weight excluding hydrogens is 274 g/mol. The maximum Gasteiger partial charge on any atom is 0.0565 e. The molecule has 0 saturated heterocycles. The first-order chi connectivity index (χ1) is 9.97. The molecule has 3 rings (SSSR count). The molecule has 0 aliphatic rings. The van der Waals surface area contributed by atoms with Crippen LogP contribution in [0.25, 0.3) is 10.1 Å². The van der Waals surface area contributed by atoms with Crippen LogP contribution in [0.2, 0.25) is 0 Å². The Morgan fingerprint density at radius 2 is 1.67 bits per heavy atom. The summed E-state index contributed by atoms with van der Waals surface area (Å²) in [4.78, 5) is 0. The van der Waals surface area contributed by atoms with Gasteiger partial charge in [0.1, 0.15) is 0 Å². The van der Waals surface area contributed by atoms with Crippen molar-refractivity contribution in [3.63, 3.8) is 0 Å². The number of hydrogen-bond donors (Lipinski definition) is 1. The lowest BCUT2D eigenvalue weighted by Gasteiger charge is -2.20. The van der Waals surface area contributed by atoms with Gasteiger partial charge in [-0.05, 0) is 38.9 Å². The Bertz CT molecular complexity index is 747. The molecule has 1 heterocycles. The van der Waals surface area contributed by atoms with Gasteiger partial charge in [0.15, 0.2) is 0 Å². The van der Waals surface area contributed by atoms with Crippen molar-refractivity contribution in [2.24, 2.45) is 5.73 Å². The molecule has 3 aromatic rings. The van der Waals surface area contributed by atoms with Crippen molar-refractivity contribution >= 4 is 21.4 Å². The zero-order valence-electron chi connectivity index (χ0n) is 12.8. The van der Waals surface area contributed by atoms with Gasteiger partial charge in [-0.25, -0.2) is 0 Å². The van der Waals surface area contributed by atoms with Crippen molar-refractivity contribution in [2.45, 2.75) is 32.2 Å². The summed E-state index contributed by atoms with van der Waals surface area (Å²) in [6.45, 7) is 6.69. The fourth-order valence-electron chi connectivity index (χ4n) is 2.63. The van der Waals surface area contributed by atoms with Gasteiger partial charge in [0.05, 0.1) is 6.04 Å². The van der Waals surface area contributed by atoms with E-state index in [2.05, 4.69) is 74.7 Å². The Morgan fingerprint density at radius 1 is 0.952 bits per heavy atom. The maximum atomic E-state index is 6.51. The Balaban J connectivity index is 1.98. The fraction of sp³-hybridized carbons (Fsp3) is 0.263. The van der Waals surface area contributed by atoms with Crippen LogP contribution in [0.1, 0.15) is 43.5 Å². The van der Waals surface area contributed by atoms with E-state index in [9.17, 15) is 0 Å². The third-order valence-electron chi connectivity index (χ3n) is 3.98. The quantitative estimate of drug-likeness (QED) is 0.687. The third kappa shape index (κ3) is 2.74. The molecule has 0 amide bonds. The van der Waals surface area contributed by atoms with Gasteiger partial charge in [0, 0.05) is 4.70 Å². The molecule has 2 aromatic carbocycles. The number of hydrogen-bond acceptors (Lipinski definition) is 2. The molecule has 0 aliphatic heterocycles. The van der Waals surface area contributed by atoms with Crippen LogP contribution in [0.5, 0.6) is 0 Å². The van der Waals surface area contributed by atoms with Crippen LogP contribution < -0.4 is 5.73 Å². The molecule has 1 atom stereocenters. The van der Waals surface area contributed by atoms with E-state index in [0.717, 1.165) is 0 Å². The summed E-state index contributed by atoms with van der Waals surface area (Å²) < 4.78 is 1.30. The summed E-state index contributed by atoms with van der Waals surface area (Å²) in [5.41, 5.74) is 10.4. The SMILES string of the molecule is CC(C)(C)c1ccc(C(N)c2cccc3ccsc23)cc1. The smallest absolute Gasteiger partial charge is 0.0565 e. The molecule has 0 bridgehead atoms. The first-order valence-corrected chi connectivity index (χ1v) is 8.17. The van der Waals surface area contributed by atoms with Crippen molar-refractivity contribution in [3.05, 3.63) is 70.6 Å². The number of rotatable bonds is 2. The zero-order valence-corrected chi connectivity index (χ0v) is 13.6. The highest BCUT2D eigenvalue weighted by atomic mass is 32.1. The molecule has 1 nitrogen and oxygen atoms in total. The van der Waals surface area contributed by atoms with Crippen LogP contribution in [0, 0.1) is 0 Å². The standard InChI is InChI=1S/C19H21NS/c1-19(2,3)15-9-7-13(8-10-15)17(20)16-6-4-5-14-11-12-21-18(14)16/h4-12,17H,20H2,1-3H3. The van der Waals surface area contributed by atoms with Gasteiger partial charge in [0.25, 0.3) is 0 Å². The van der Waals surface area contributed by atoms with E-state index in [-0.39, 0.29) is 11.5 Å². The highest BCUT2D eigenvalue weighted by molar-refractivity contribution is 7.17. The molecule has 2 heteroatoms. The lowest BCUT2D eigenvalue weighted by atomic mass is 9.86. The van der Waals surface area contributed by atoms with Crippen LogP contribution in [-0.2, 0) is 5.41 Å². The Hall–Kier alpha value is -1.64. The first kappa shape index (κ1) is 14.3. The summed E-state index contributed by atoms with van der Waals surface area (Å²) >= 11 is 1.76. The van der Waals surface area contributed by atoms with Crippen LogP contribution in [0.4, 0.5) is 0 Å². The summed E-state index contributed by atoms with van der Waals surface area (Å²) in [6, 6.07) is 17.2. The summed E-state index contributed by atoms with van der Waals surface area (Å²) in [5.74, 6) is 0. The van der Waals surface area contributed by atoms with Crippen molar-refractivity contribution in [1.82, 2.24) is 0 Å². The van der Waals surface area contributed by atoms with Gasteiger partial charge >= 0.3 is 0 Å². The lowest BCUT2D eigenvalue weighted by Crippen LogP contribution is -2.14. The molecule has 21 heavy (non-hydrogen) atoms. The van der Waals surface area contributed by atoms with Crippen LogP contribution >= 0.6 is 11.3 Å². The van der Waals surface area contributed by atoms with Gasteiger partial charge in [0.2, 0.25) is 0 Å². The molecule has 0 spiro atoms. The van der Waals surface area contributed by atoms with E-state index >= 15 is 0 Å². The van der Waals surface area contributed by atoms with Crippen molar-refractivity contribution in [3.8, 4) is 0 Å². The number of nitrogens with two attached hydrogens (primary N) is 1. The van der Waals surface area contributed by atoms with E-state index in [4.69, 9.17) is 5.73 Å². The highest BCUT2D eigenvalue weighted by Crippen LogP contribution is 2.32. The van der Waals surface area contributed by atoms with E-state index in [1.807, 2.05) is 0 Å². The molecule has 0 aliphatic carbocycles. The second-order valence-electron chi connectivity index (χ2n) is 6.54. The Labute approximate surface area is 130 Å². The van der Waals surface area contributed by atoms with Gasteiger partial charge in [-0.3, -0.25) is 0 Å². The summed E-state index contributed by atoms with van der Waals surface area (Å²) in [5, 5.41) is 3.41. The summed E-state index contributed by atoms with van der Waals surface area (Å²) in [7, 11) is 0. The second kappa shape index (κ2) is 5.28. The van der Waals surface area contributed by atoms with Gasteiger partial charge in [-0.2, -0.15) is 0 Å². The monoisotopic (exact) mass is 295 g/mol. The third-order valence-corrected chi connectivity index (χ3v) is 4.96. The largest absolute Gasteiger partial charge is 0.320 e. The van der Waals surface area contributed by atoms with E-state index in [0.29, 0.717) is 0 Å². The van der Waals surface area contributed by atoms with Gasteiger partial charge in [-0.15, -0.1) is 11.3 Å². The fourth-order valence-corrected chi connectivity index (χ4v) is 3.59. The molecule has 0 saturated carbocycles. The van der Waals surface area contributed by atoms with E-state index < -0.39 is 0 Å². The number of benzene rings is 2. The topological polar surface area (TPSA) is 26.0 Å². The van der Waals surface area contributed by atoms with Crippen molar-refractivity contribution in [1.29, 1.82) is 0 Å². The lowest BCUT2D eigenvalue weighted by molar-refractivity contribution is 0.589. The minimum absolute atomic E-state index is 0.0682. The second-order valence-corrected chi connectivity index (χ2v) is 7.45. The Kier molecular flexibility index (Phi) is 3.60. The van der Waals surface area contributed by atoms with Crippen molar-refractivity contribution < 1.29 is 0 Å². The maximum absolute atomic E-state index is 6.51. The zero-order chi connectivity index (χ0) is 15.0. The van der Waals surface area contributed by atoms with Gasteiger partial charge in [-0.1, -0.05) is 63.2 Å². The van der Waals surface area contributed by atoms with E-state index in [1.54, 1.807) is 11.3 Å². The molecule has 2 N–H and O–H groups in total. The predicted molar refractivity (Wildman–Crippen MR) is 93.0 cm³/mol. The van der Waals surface area contributed by atoms with Crippen LogP contribution in [0.15, 0.2) is 53.9 Å². The molecule has 0 fully saturated rings. The normalized spacial score (nSPS) is 13.5. The molecule has 0 radical (unpaired) electrons. The first-order valence-electron chi connectivity index (χ1n) is 7.29. The minimum Gasteiger partial charge on any atom is -0.320 e. The average molecular weight is 295 g/mol. The average Bonchev–Trinajstić information content (AvgIpc) is 2.94. The number of fused-ring (bicyclic) bond motifs is 1. The minimum atomic E-state index is -0.0682. The van der Waals surface area contributed by atoms with E-state index in [1.165, 1.54) is 26.8 Å². The summed E-state index contributed by atoms with van der Waals surface area (Å²) in [6.07, 6.45) is 0. The molecule has 1 aromatic heterocycles. The molecule has 108 valence electrons. The Morgan fingerprint density at radius 3 is 2.33 bits per heavy atom. The number of thiophene rings is 1. The van der Waals surface area contributed by atoms with Crippen molar-refractivity contribution in [2.75, 3.05) is 0 Å². The van der Waals surface area contributed by atoms with Crippen LogP contribution in [0.3, 0.4) is 0 Å². The van der Waals surface area contributed by atoms with Gasteiger partial charge < -0.3 is 5.73 Å². The van der Waals surface area contributed by atoms with Crippen LogP contribution in [-0.4, -0.2) is 0 Å². The predicted octanol–water partition coefficient (Wildman–Crippen LogP) is 5.25. The molecular formula is C19H21NS.